The van der Waals surface area contributed by atoms with E-state index < -0.39 is 28.4 Å². The minimum Gasteiger partial charge on any atom is -0.481 e. The van der Waals surface area contributed by atoms with E-state index in [2.05, 4.69) is 5.32 Å². The van der Waals surface area contributed by atoms with Crippen LogP contribution >= 0.6 is 0 Å². The highest BCUT2D eigenvalue weighted by atomic mass is 19.1. The van der Waals surface area contributed by atoms with Gasteiger partial charge < -0.3 is 24.6 Å². The predicted octanol–water partition coefficient (Wildman–Crippen LogP) is 6.29. The minimum atomic E-state index is -0.870. The fraction of sp³-hybridized carbons (Fsp3) is 0.656. The number of nitrogens with one attached hydrogen (secondary N) is 1. The lowest BCUT2D eigenvalue weighted by molar-refractivity contribution is -0.0145. The van der Waals surface area contributed by atoms with Crippen LogP contribution in [0.2, 0.25) is 0 Å². The lowest BCUT2D eigenvalue weighted by Crippen LogP contribution is -2.54. The molecule has 2 aromatic rings. The van der Waals surface area contributed by atoms with Gasteiger partial charge in [0.1, 0.15) is 34.3 Å². The van der Waals surface area contributed by atoms with Gasteiger partial charge in [-0.25, -0.2) is 18.4 Å². The summed E-state index contributed by atoms with van der Waals surface area (Å²) in [5, 5.41) is 8.05. The summed E-state index contributed by atoms with van der Waals surface area (Å²) in [6.07, 6.45) is 4.19. The number of amides is 3. The second-order valence-corrected chi connectivity index (χ2v) is 14.3. The number of piperidine rings is 2. The van der Waals surface area contributed by atoms with E-state index in [0.29, 0.717) is 63.5 Å². The Hall–Kier alpha value is -3.37. The van der Waals surface area contributed by atoms with Crippen LogP contribution in [0.5, 0.6) is 5.75 Å². The van der Waals surface area contributed by atoms with Crippen LogP contribution in [0.4, 0.5) is 18.4 Å². The van der Waals surface area contributed by atoms with Crippen LogP contribution in [0.3, 0.4) is 0 Å². The molecule has 3 aliphatic heterocycles. The van der Waals surface area contributed by atoms with Crippen LogP contribution in [0.15, 0.2) is 12.1 Å². The zero-order valence-corrected chi connectivity index (χ0v) is 26.1. The third-order valence-electron chi connectivity index (χ3n) is 9.38. The Kier molecular flexibility index (Phi) is 7.16. The molecule has 234 valence electrons. The third-order valence-corrected chi connectivity index (χ3v) is 9.38. The Labute approximate surface area is 251 Å². The summed E-state index contributed by atoms with van der Waals surface area (Å²) >= 11 is 0. The molecule has 1 aromatic carbocycles. The molecule has 43 heavy (non-hydrogen) atoms. The normalized spacial score (nSPS) is 22.5. The molecule has 2 saturated heterocycles. The minimum absolute atomic E-state index is 0.0587. The van der Waals surface area contributed by atoms with Gasteiger partial charge in [-0.1, -0.05) is 0 Å². The summed E-state index contributed by atoms with van der Waals surface area (Å²) in [5.74, 6) is -0.701. The lowest BCUT2D eigenvalue weighted by atomic mass is 9.79. The second-order valence-electron chi connectivity index (χ2n) is 14.3. The average molecular weight is 600 g/mol. The van der Waals surface area contributed by atoms with Gasteiger partial charge in [-0.15, -0.1) is 0 Å². The topological polar surface area (TPSA) is 88.9 Å². The van der Waals surface area contributed by atoms with Crippen molar-refractivity contribution in [2.24, 2.45) is 5.92 Å². The number of urea groups is 1. The Balaban J connectivity index is 1.31. The fourth-order valence-corrected chi connectivity index (χ4v) is 7.04. The summed E-state index contributed by atoms with van der Waals surface area (Å²) in [6, 6.07) is 1.96. The highest BCUT2D eigenvalue weighted by Gasteiger charge is 2.49. The zero-order chi connectivity index (χ0) is 30.9. The highest BCUT2D eigenvalue weighted by Crippen LogP contribution is 2.52. The number of likely N-dealkylation sites (tertiary alicyclic amines) is 2. The zero-order valence-electron chi connectivity index (χ0n) is 26.1. The van der Waals surface area contributed by atoms with Crippen LogP contribution in [-0.4, -0.2) is 69.0 Å². The van der Waals surface area contributed by atoms with Crippen LogP contribution in [0.1, 0.15) is 90.4 Å². The van der Waals surface area contributed by atoms with Crippen molar-refractivity contribution in [3.63, 3.8) is 0 Å². The quantitative estimate of drug-likeness (QED) is 0.448. The van der Waals surface area contributed by atoms with Gasteiger partial charge in [-0.3, -0.25) is 4.68 Å². The van der Waals surface area contributed by atoms with Crippen molar-refractivity contribution < 1.29 is 27.8 Å². The number of hydrogen-bond donors (Lipinski definition) is 1. The van der Waals surface area contributed by atoms with Crippen LogP contribution in [0.25, 0.3) is 11.3 Å². The maximum absolute atomic E-state index is 15.4. The molecule has 0 radical (unpaired) electrons. The van der Waals surface area contributed by atoms with E-state index in [4.69, 9.17) is 14.6 Å². The summed E-state index contributed by atoms with van der Waals surface area (Å²) in [7, 11) is 0. The molecule has 6 rings (SSSR count). The monoisotopic (exact) mass is 599 g/mol. The molecular weight excluding hydrogens is 556 g/mol. The van der Waals surface area contributed by atoms with Crippen molar-refractivity contribution in [3.05, 3.63) is 35.0 Å². The summed E-state index contributed by atoms with van der Waals surface area (Å²) in [6.45, 7) is 13.7. The van der Waals surface area contributed by atoms with Gasteiger partial charge in [0.2, 0.25) is 0 Å². The van der Waals surface area contributed by atoms with Crippen LogP contribution in [0, 0.1) is 24.5 Å². The van der Waals surface area contributed by atoms with E-state index in [1.165, 1.54) is 6.07 Å². The molecule has 1 spiro atoms. The van der Waals surface area contributed by atoms with E-state index in [1.807, 2.05) is 46.2 Å². The van der Waals surface area contributed by atoms with Gasteiger partial charge in [-0.05, 0) is 73.1 Å². The first-order valence-electron chi connectivity index (χ1n) is 15.5. The van der Waals surface area contributed by atoms with Gasteiger partial charge in [-0.2, -0.15) is 5.10 Å². The molecule has 1 aliphatic carbocycles. The number of hydrogen-bond acceptors (Lipinski definition) is 5. The fourth-order valence-electron chi connectivity index (χ4n) is 7.04. The summed E-state index contributed by atoms with van der Waals surface area (Å²) < 4.78 is 44.0. The van der Waals surface area contributed by atoms with Crippen molar-refractivity contribution in [2.45, 2.75) is 103 Å². The van der Waals surface area contributed by atoms with E-state index in [9.17, 15) is 14.0 Å². The SMILES string of the molecule is Cc1c2c(nn1[C@@H]1CCN(C(=O)OC(C)(C)C)C(C)(C)C1)-c1c(F)cc(F)cc1OC21CCN(C(=O)NCC2CC2)CC1. The number of carbonyl (C=O) groups excluding carboxylic acids is 2. The van der Waals surface area contributed by atoms with E-state index in [-0.39, 0.29) is 29.5 Å². The largest absolute Gasteiger partial charge is 0.481 e. The number of rotatable bonds is 3. The molecule has 0 bridgehead atoms. The number of fused-ring (bicyclic) bond motifs is 4. The first-order valence-corrected chi connectivity index (χ1v) is 15.5. The Morgan fingerprint density at radius 2 is 1.81 bits per heavy atom. The van der Waals surface area contributed by atoms with Gasteiger partial charge in [0, 0.05) is 67.9 Å². The first kappa shape index (κ1) is 29.7. The first-order chi connectivity index (χ1) is 20.2. The number of nitrogens with zero attached hydrogens (tertiary/aromatic N) is 4. The van der Waals surface area contributed by atoms with Gasteiger partial charge in [0.05, 0.1) is 11.6 Å². The summed E-state index contributed by atoms with van der Waals surface area (Å²) in [4.78, 5) is 29.4. The van der Waals surface area contributed by atoms with Crippen molar-refractivity contribution >= 4 is 12.1 Å². The molecule has 1 atom stereocenters. The number of carbonyl (C=O) groups is 2. The molecule has 3 amide bonds. The maximum atomic E-state index is 15.4. The maximum Gasteiger partial charge on any atom is 0.410 e. The number of benzene rings is 1. The predicted molar refractivity (Wildman–Crippen MR) is 157 cm³/mol. The van der Waals surface area contributed by atoms with Crippen LogP contribution in [-0.2, 0) is 10.3 Å². The lowest BCUT2D eigenvalue weighted by Gasteiger charge is -2.46. The van der Waals surface area contributed by atoms with Crippen molar-refractivity contribution in [1.82, 2.24) is 24.9 Å². The molecule has 1 aromatic heterocycles. The van der Waals surface area contributed by atoms with Crippen molar-refractivity contribution in [1.29, 1.82) is 0 Å². The summed E-state index contributed by atoms with van der Waals surface area (Å²) in [5.41, 5.74) is 0.322. The third kappa shape index (κ3) is 5.55. The smallest absolute Gasteiger partial charge is 0.410 e. The Morgan fingerprint density at radius 1 is 1.12 bits per heavy atom. The molecular formula is C32H43F2N5O4. The average Bonchev–Trinajstić information content (AvgIpc) is 3.66. The number of ether oxygens (including phenoxy) is 2. The second kappa shape index (κ2) is 10.4. The molecule has 4 aliphatic rings. The molecule has 1 N–H and O–H groups in total. The van der Waals surface area contributed by atoms with Gasteiger partial charge in [0.15, 0.2) is 0 Å². The van der Waals surface area contributed by atoms with Crippen molar-refractivity contribution in [3.8, 4) is 17.0 Å². The highest BCUT2D eigenvalue weighted by molar-refractivity contribution is 5.76. The molecule has 11 heteroatoms. The van der Waals surface area contributed by atoms with Crippen molar-refractivity contribution in [2.75, 3.05) is 26.2 Å². The molecule has 9 nitrogen and oxygen atoms in total. The molecule has 3 fully saturated rings. The van der Waals surface area contributed by atoms with E-state index >= 15 is 4.39 Å². The molecule has 1 saturated carbocycles. The van der Waals surface area contributed by atoms with Gasteiger partial charge in [0.25, 0.3) is 0 Å². The van der Waals surface area contributed by atoms with Gasteiger partial charge >= 0.3 is 12.1 Å². The Bertz CT molecular complexity index is 1440. The number of halogens is 2. The molecule has 0 unspecified atom stereocenters. The van der Waals surface area contributed by atoms with E-state index in [0.717, 1.165) is 30.2 Å². The number of aromatic nitrogens is 2. The van der Waals surface area contributed by atoms with Crippen LogP contribution < -0.4 is 10.1 Å². The Morgan fingerprint density at radius 3 is 2.44 bits per heavy atom. The standard InChI is InChI=1S/C32H43F2N5O4/c1-19-26-27(36-39(19)22-9-12-38(31(5,6)17-22)29(41)43-30(2,3)4)25-23(34)15-21(33)16-24(25)42-32(26)10-13-37(14-11-32)28(40)35-18-20-7-8-20/h15-16,20,22H,7-14,17-18H2,1-6H3,(H,35,40)/t22-/m1/s1. The van der Waals surface area contributed by atoms with E-state index in [1.54, 1.807) is 9.80 Å². The molecule has 4 heterocycles.